The second-order valence-electron chi connectivity index (χ2n) is 12.3. The highest BCUT2D eigenvalue weighted by Gasteiger charge is 2.39. The van der Waals surface area contributed by atoms with E-state index in [1.807, 2.05) is 48.5 Å². The van der Waals surface area contributed by atoms with Gasteiger partial charge in [0.1, 0.15) is 0 Å². The first-order valence-electron chi connectivity index (χ1n) is 16.0. The first kappa shape index (κ1) is 33.3. The van der Waals surface area contributed by atoms with E-state index in [1.54, 1.807) is 0 Å². The summed E-state index contributed by atoms with van der Waals surface area (Å²) in [7, 11) is 2.14. The van der Waals surface area contributed by atoms with E-state index in [4.69, 9.17) is 14.6 Å². The van der Waals surface area contributed by atoms with Crippen LogP contribution in [0.3, 0.4) is 0 Å². The van der Waals surface area contributed by atoms with Crippen LogP contribution in [-0.4, -0.2) is 46.7 Å². The van der Waals surface area contributed by atoms with E-state index in [-0.39, 0.29) is 49.5 Å². The molecule has 3 N–H and O–H groups in total. The second-order valence-corrected chi connectivity index (χ2v) is 12.3. The first-order chi connectivity index (χ1) is 22.2. The minimum absolute atomic E-state index is 0.0116. The van der Waals surface area contributed by atoms with Gasteiger partial charge < -0.3 is 25.0 Å². The third-order valence-corrected chi connectivity index (χ3v) is 9.04. The fraction of sp³-hybridized carbons (Fsp3) is 0.368. The maximum Gasteiger partial charge on any atom is 0.303 e. The van der Waals surface area contributed by atoms with E-state index in [0.717, 1.165) is 22.3 Å². The van der Waals surface area contributed by atoms with Gasteiger partial charge in [-0.05, 0) is 59.5 Å². The van der Waals surface area contributed by atoms with Crippen molar-refractivity contribution < 1.29 is 29.3 Å². The van der Waals surface area contributed by atoms with Crippen LogP contribution in [0.25, 0.3) is 10.8 Å². The van der Waals surface area contributed by atoms with Crippen LogP contribution in [0.15, 0.2) is 91.0 Å². The van der Waals surface area contributed by atoms with Crippen molar-refractivity contribution in [2.24, 2.45) is 5.92 Å². The van der Waals surface area contributed by atoms with Crippen molar-refractivity contribution in [1.29, 1.82) is 0 Å². The fourth-order valence-electron chi connectivity index (χ4n) is 5.97. The SMILES string of the molecule is C[C@H]1[C@@H](CN(C)[C@H](C)c2ccc3ccccc3c2)O[C@@H](c2ccc(CNC(=O)CCCC(=O)O)cc2)O[C@H]1c1ccc(CO)cc1. The lowest BCUT2D eigenvalue weighted by atomic mass is 9.89. The Labute approximate surface area is 271 Å². The molecule has 4 aromatic rings. The maximum absolute atomic E-state index is 12.1. The van der Waals surface area contributed by atoms with E-state index < -0.39 is 12.3 Å². The minimum Gasteiger partial charge on any atom is -0.481 e. The average molecular weight is 625 g/mol. The Hall–Kier alpha value is -4.08. The van der Waals surface area contributed by atoms with Crippen LogP contribution >= 0.6 is 0 Å². The monoisotopic (exact) mass is 624 g/mol. The van der Waals surface area contributed by atoms with E-state index in [1.165, 1.54) is 16.3 Å². The lowest BCUT2D eigenvalue weighted by molar-refractivity contribution is -0.276. The molecule has 1 fully saturated rings. The zero-order valence-corrected chi connectivity index (χ0v) is 26.8. The Bertz CT molecular complexity index is 1610. The molecule has 1 heterocycles. The quantitative estimate of drug-likeness (QED) is 0.152. The zero-order chi connectivity index (χ0) is 32.6. The number of carbonyl (C=O) groups is 2. The molecule has 0 saturated carbocycles. The number of amides is 1. The molecule has 46 heavy (non-hydrogen) atoms. The summed E-state index contributed by atoms with van der Waals surface area (Å²) in [6.45, 7) is 5.44. The molecular formula is C38H44N2O6. The predicted octanol–water partition coefficient (Wildman–Crippen LogP) is 6.69. The van der Waals surface area contributed by atoms with Crippen molar-refractivity contribution in [1.82, 2.24) is 10.2 Å². The Morgan fingerprint density at radius 1 is 0.870 bits per heavy atom. The van der Waals surface area contributed by atoms with Crippen molar-refractivity contribution in [3.8, 4) is 0 Å². The number of nitrogens with zero attached hydrogens (tertiary/aromatic N) is 1. The zero-order valence-electron chi connectivity index (χ0n) is 26.8. The van der Waals surface area contributed by atoms with Gasteiger partial charge in [-0.25, -0.2) is 0 Å². The third kappa shape index (κ3) is 8.39. The summed E-state index contributed by atoms with van der Waals surface area (Å²) < 4.78 is 13.3. The van der Waals surface area contributed by atoms with Gasteiger partial charge in [-0.1, -0.05) is 91.9 Å². The smallest absolute Gasteiger partial charge is 0.303 e. The Balaban J connectivity index is 1.30. The lowest BCUT2D eigenvalue weighted by Crippen LogP contribution is -2.44. The number of ether oxygens (including phenoxy) is 2. The van der Waals surface area contributed by atoms with Gasteiger partial charge in [-0.3, -0.25) is 14.5 Å². The van der Waals surface area contributed by atoms with E-state index in [9.17, 15) is 14.7 Å². The highest BCUT2D eigenvalue weighted by molar-refractivity contribution is 5.83. The second kappa shape index (κ2) is 15.5. The number of aliphatic hydroxyl groups excluding tert-OH is 1. The van der Waals surface area contributed by atoms with Crippen LogP contribution in [0, 0.1) is 5.92 Å². The standard InChI is InChI=1S/C38H44N2O6/c1-25-34(23-40(3)26(2)32-20-19-29-7-4-5-8-33(29)21-32)45-38(46-37(25)30-15-13-28(24-41)14-16-30)31-17-11-27(12-18-31)22-39-35(42)9-6-10-36(43)44/h4-5,7-8,11-21,25-26,34,37-38,41H,6,9-10,22-24H2,1-3H3,(H,39,42)(H,43,44)/t25-,26+,34+,37+,38+/m0/s1. The largest absolute Gasteiger partial charge is 0.481 e. The van der Waals surface area contributed by atoms with E-state index in [0.29, 0.717) is 19.5 Å². The molecule has 1 amide bonds. The van der Waals surface area contributed by atoms with Crippen LogP contribution in [0.2, 0.25) is 0 Å². The number of nitrogens with one attached hydrogen (secondary N) is 1. The molecular weight excluding hydrogens is 580 g/mol. The molecule has 8 nitrogen and oxygen atoms in total. The number of benzene rings is 4. The Kier molecular flexibility index (Phi) is 11.2. The van der Waals surface area contributed by atoms with Crippen molar-refractivity contribution in [3.63, 3.8) is 0 Å². The van der Waals surface area contributed by atoms with Crippen molar-refractivity contribution in [2.75, 3.05) is 13.6 Å². The van der Waals surface area contributed by atoms with Crippen LogP contribution in [-0.2, 0) is 32.2 Å². The molecule has 0 radical (unpaired) electrons. The lowest BCUT2D eigenvalue weighted by Gasteiger charge is -2.43. The van der Waals surface area contributed by atoms with Gasteiger partial charge in [0.05, 0.1) is 18.8 Å². The summed E-state index contributed by atoms with van der Waals surface area (Å²) in [6.07, 6.45) is -0.455. The predicted molar refractivity (Wildman–Crippen MR) is 178 cm³/mol. The maximum atomic E-state index is 12.1. The van der Waals surface area contributed by atoms with Crippen LogP contribution in [0.4, 0.5) is 0 Å². The van der Waals surface area contributed by atoms with E-state index in [2.05, 4.69) is 73.6 Å². The number of rotatable bonds is 13. The number of fused-ring (bicyclic) bond motifs is 1. The fourth-order valence-corrected chi connectivity index (χ4v) is 5.97. The molecule has 1 saturated heterocycles. The van der Waals surface area contributed by atoms with Gasteiger partial charge in [0, 0.05) is 43.5 Å². The number of carboxylic acid groups (broad SMARTS) is 1. The number of hydrogen-bond acceptors (Lipinski definition) is 6. The summed E-state index contributed by atoms with van der Waals surface area (Å²) in [5.41, 5.74) is 4.95. The summed E-state index contributed by atoms with van der Waals surface area (Å²) >= 11 is 0. The molecule has 0 aliphatic carbocycles. The molecule has 0 unspecified atom stereocenters. The van der Waals surface area contributed by atoms with Crippen molar-refractivity contribution in [3.05, 3.63) is 119 Å². The molecule has 1 aliphatic heterocycles. The summed E-state index contributed by atoms with van der Waals surface area (Å²) in [4.78, 5) is 25.2. The van der Waals surface area contributed by atoms with Crippen molar-refractivity contribution >= 4 is 22.6 Å². The van der Waals surface area contributed by atoms with Gasteiger partial charge >= 0.3 is 5.97 Å². The number of aliphatic hydroxyl groups is 1. The number of carboxylic acids is 1. The molecule has 242 valence electrons. The van der Waals surface area contributed by atoms with Crippen LogP contribution < -0.4 is 5.32 Å². The third-order valence-electron chi connectivity index (χ3n) is 9.04. The number of carbonyl (C=O) groups excluding carboxylic acids is 1. The average Bonchev–Trinajstić information content (AvgIpc) is 3.07. The van der Waals surface area contributed by atoms with Crippen LogP contribution in [0.1, 0.15) is 79.4 Å². The molecule has 5 rings (SSSR count). The topological polar surface area (TPSA) is 108 Å². The van der Waals surface area contributed by atoms with Gasteiger partial charge in [-0.2, -0.15) is 0 Å². The molecule has 0 spiro atoms. The normalized spacial score (nSPS) is 20.5. The van der Waals surface area contributed by atoms with Gasteiger partial charge in [-0.15, -0.1) is 0 Å². The summed E-state index contributed by atoms with van der Waals surface area (Å²) in [5.74, 6) is -1.01. The highest BCUT2D eigenvalue weighted by atomic mass is 16.7. The number of aliphatic carboxylic acids is 1. The molecule has 0 bridgehead atoms. The van der Waals surface area contributed by atoms with Gasteiger partial charge in [0.2, 0.25) is 5.91 Å². The Morgan fingerprint density at radius 3 is 2.24 bits per heavy atom. The van der Waals surface area contributed by atoms with Crippen molar-refractivity contribution in [2.45, 2.75) is 70.8 Å². The van der Waals surface area contributed by atoms with Gasteiger partial charge in [0.15, 0.2) is 6.29 Å². The number of likely N-dealkylation sites (N-methyl/N-ethyl adjacent to an activating group) is 1. The number of hydrogen-bond donors (Lipinski definition) is 3. The van der Waals surface area contributed by atoms with Gasteiger partial charge in [0.25, 0.3) is 0 Å². The summed E-state index contributed by atoms with van der Waals surface area (Å²) in [5, 5.41) is 23.7. The molecule has 4 aromatic carbocycles. The Morgan fingerprint density at radius 2 is 1.54 bits per heavy atom. The van der Waals surface area contributed by atoms with Crippen LogP contribution in [0.5, 0.6) is 0 Å². The minimum atomic E-state index is -0.900. The first-order valence-corrected chi connectivity index (χ1v) is 16.0. The highest BCUT2D eigenvalue weighted by Crippen LogP contribution is 2.42. The van der Waals surface area contributed by atoms with E-state index >= 15 is 0 Å². The molecule has 1 aliphatic rings. The molecule has 8 heteroatoms. The molecule has 0 aromatic heterocycles. The summed E-state index contributed by atoms with van der Waals surface area (Å²) in [6, 6.07) is 31.0. The molecule has 5 atom stereocenters.